The molecule has 0 heterocycles. The highest BCUT2D eigenvalue weighted by molar-refractivity contribution is 6.32. The van der Waals surface area contributed by atoms with E-state index < -0.39 is 17.9 Å². The molecule has 0 atom stereocenters. The van der Waals surface area contributed by atoms with Gasteiger partial charge in [-0.15, -0.1) is 13.2 Å². The summed E-state index contributed by atoms with van der Waals surface area (Å²) in [4.78, 5) is 0. The van der Waals surface area contributed by atoms with Gasteiger partial charge in [0.05, 0.1) is 5.02 Å². The van der Waals surface area contributed by atoms with Gasteiger partial charge in [0.15, 0.2) is 5.75 Å². The molecule has 0 aliphatic carbocycles. The summed E-state index contributed by atoms with van der Waals surface area (Å²) in [5.74, 6) is -1.49. The average Bonchev–Trinajstić information content (AvgIpc) is 2.04. The van der Waals surface area contributed by atoms with Crippen molar-refractivity contribution in [2.75, 3.05) is 0 Å². The lowest BCUT2D eigenvalue weighted by Gasteiger charge is -2.12. The van der Waals surface area contributed by atoms with Gasteiger partial charge in [-0.05, 0) is 19.1 Å². The van der Waals surface area contributed by atoms with Crippen molar-refractivity contribution in [2.24, 2.45) is 0 Å². The topological polar surface area (TPSA) is 9.23 Å². The van der Waals surface area contributed by atoms with Crippen molar-refractivity contribution in [1.82, 2.24) is 0 Å². The third-order valence-corrected chi connectivity index (χ3v) is 1.81. The summed E-state index contributed by atoms with van der Waals surface area (Å²) in [5.41, 5.74) is -0.269. The molecular weight excluding hydrogens is 224 g/mol. The lowest BCUT2D eigenvalue weighted by atomic mass is 10.2. The maximum absolute atomic E-state index is 12.8. The van der Waals surface area contributed by atoms with E-state index in [-0.39, 0.29) is 10.6 Å². The van der Waals surface area contributed by atoms with E-state index in [2.05, 4.69) is 4.74 Å². The smallest absolute Gasteiger partial charge is 0.404 e. The van der Waals surface area contributed by atoms with E-state index in [0.717, 1.165) is 19.1 Å². The van der Waals surface area contributed by atoms with Crippen molar-refractivity contribution < 1.29 is 22.3 Å². The third-order valence-electron chi connectivity index (χ3n) is 1.51. The Kier molecular flexibility index (Phi) is 2.89. The van der Waals surface area contributed by atoms with Crippen molar-refractivity contribution in [3.8, 4) is 5.75 Å². The molecule has 0 aliphatic rings. The number of hydrogen-bond acceptors (Lipinski definition) is 1. The van der Waals surface area contributed by atoms with Crippen LogP contribution in [-0.4, -0.2) is 6.36 Å². The van der Waals surface area contributed by atoms with Crippen LogP contribution >= 0.6 is 11.6 Å². The van der Waals surface area contributed by atoms with Crippen molar-refractivity contribution in [2.45, 2.75) is 13.3 Å². The van der Waals surface area contributed by atoms with Gasteiger partial charge in [-0.2, -0.15) is 0 Å². The molecular formula is C8H5ClF4O. The van der Waals surface area contributed by atoms with Gasteiger partial charge in [-0.25, -0.2) is 4.39 Å². The van der Waals surface area contributed by atoms with Gasteiger partial charge in [0, 0.05) is 5.56 Å². The Morgan fingerprint density at radius 3 is 2.36 bits per heavy atom. The van der Waals surface area contributed by atoms with Gasteiger partial charge in [0.2, 0.25) is 0 Å². The normalized spacial score (nSPS) is 11.6. The molecule has 0 aromatic heterocycles. The molecule has 0 saturated carbocycles. The summed E-state index contributed by atoms with van der Waals surface area (Å²) in [7, 11) is 0. The van der Waals surface area contributed by atoms with Crippen molar-refractivity contribution in [3.63, 3.8) is 0 Å². The number of ether oxygens (including phenoxy) is 1. The van der Waals surface area contributed by atoms with Gasteiger partial charge in [0.1, 0.15) is 5.82 Å². The van der Waals surface area contributed by atoms with Gasteiger partial charge < -0.3 is 4.74 Å². The fourth-order valence-corrected chi connectivity index (χ4v) is 1.12. The van der Waals surface area contributed by atoms with Crippen molar-refractivity contribution in [3.05, 3.63) is 28.5 Å². The zero-order chi connectivity index (χ0) is 10.9. The summed E-state index contributed by atoms with van der Waals surface area (Å²) in [6.07, 6.45) is -4.87. The van der Waals surface area contributed by atoms with Crippen LogP contribution in [0.4, 0.5) is 17.6 Å². The Labute approximate surface area is 82.2 Å². The molecule has 78 valence electrons. The molecule has 0 N–H and O–H groups in total. The highest BCUT2D eigenvalue weighted by Crippen LogP contribution is 2.34. The zero-order valence-corrected chi connectivity index (χ0v) is 7.71. The molecule has 0 fully saturated rings. The lowest BCUT2D eigenvalue weighted by molar-refractivity contribution is -0.274. The molecule has 1 nitrogen and oxygen atoms in total. The zero-order valence-electron chi connectivity index (χ0n) is 6.95. The lowest BCUT2D eigenvalue weighted by Crippen LogP contribution is -2.18. The van der Waals surface area contributed by atoms with Crippen LogP contribution < -0.4 is 4.74 Å². The van der Waals surface area contributed by atoms with E-state index >= 15 is 0 Å². The van der Waals surface area contributed by atoms with E-state index in [0.29, 0.717) is 0 Å². The molecule has 0 unspecified atom stereocenters. The molecule has 0 amide bonds. The molecule has 1 rings (SSSR count). The van der Waals surface area contributed by atoms with Gasteiger partial charge in [-0.1, -0.05) is 11.6 Å². The van der Waals surface area contributed by atoms with Crippen LogP contribution in [0.15, 0.2) is 12.1 Å². The fourth-order valence-electron chi connectivity index (χ4n) is 0.876. The van der Waals surface area contributed by atoms with Crippen LogP contribution in [0.1, 0.15) is 5.56 Å². The maximum Gasteiger partial charge on any atom is 0.573 e. The fraction of sp³-hybridized carbons (Fsp3) is 0.250. The van der Waals surface area contributed by atoms with Crippen molar-refractivity contribution >= 4 is 11.6 Å². The van der Waals surface area contributed by atoms with Crippen LogP contribution in [-0.2, 0) is 0 Å². The molecule has 1 aromatic rings. The number of halogens is 5. The summed E-state index contributed by atoms with van der Waals surface area (Å²) in [6, 6.07) is 1.98. The Morgan fingerprint density at radius 1 is 1.29 bits per heavy atom. The minimum atomic E-state index is -4.87. The minimum Gasteiger partial charge on any atom is -0.404 e. The number of rotatable bonds is 1. The van der Waals surface area contributed by atoms with E-state index in [1.165, 1.54) is 0 Å². The van der Waals surface area contributed by atoms with Crippen LogP contribution in [0.25, 0.3) is 0 Å². The van der Waals surface area contributed by atoms with Crippen LogP contribution in [0.3, 0.4) is 0 Å². The second kappa shape index (κ2) is 3.65. The SMILES string of the molecule is Cc1c(F)ccc(Cl)c1OC(F)(F)F. The largest absolute Gasteiger partial charge is 0.573 e. The minimum absolute atomic E-state index is 0.269. The maximum atomic E-state index is 12.8. The number of benzene rings is 1. The van der Waals surface area contributed by atoms with E-state index in [1.54, 1.807) is 0 Å². The molecule has 14 heavy (non-hydrogen) atoms. The van der Waals surface area contributed by atoms with Gasteiger partial charge >= 0.3 is 6.36 Å². The highest BCUT2D eigenvalue weighted by Gasteiger charge is 2.33. The predicted octanol–water partition coefficient (Wildman–Crippen LogP) is 3.69. The predicted molar refractivity (Wildman–Crippen MR) is 42.8 cm³/mol. The standard InChI is InChI=1S/C8H5ClF4O/c1-4-6(10)3-2-5(9)7(4)14-8(11,12)13/h2-3H,1H3. The first-order valence-electron chi connectivity index (χ1n) is 3.51. The molecule has 6 heteroatoms. The molecule has 0 saturated heterocycles. The average molecular weight is 229 g/mol. The summed E-state index contributed by atoms with van der Waals surface area (Å²) < 4.78 is 51.9. The number of alkyl halides is 3. The van der Waals surface area contributed by atoms with E-state index in [9.17, 15) is 17.6 Å². The van der Waals surface area contributed by atoms with Crippen LogP contribution in [0.5, 0.6) is 5.75 Å². The molecule has 0 radical (unpaired) electrons. The van der Waals surface area contributed by atoms with E-state index in [1.807, 2.05) is 0 Å². The monoisotopic (exact) mass is 228 g/mol. The third kappa shape index (κ3) is 2.51. The Bertz CT molecular complexity index is 348. The summed E-state index contributed by atoms with van der Waals surface area (Å²) >= 11 is 5.42. The first-order chi connectivity index (χ1) is 6.31. The Morgan fingerprint density at radius 2 is 1.86 bits per heavy atom. The van der Waals surface area contributed by atoms with E-state index in [4.69, 9.17) is 11.6 Å². The Hall–Kier alpha value is -0.970. The highest BCUT2D eigenvalue weighted by atomic mass is 35.5. The first kappa shape index (κ1) is 11.1. The molecule has 0 bridgehead atoms. The quantitative estimate of drug-likeness (QED) is 0.666. The number of hydrogen-bond donors (Lipinski definition) is 0. The van der Waals surface area contributed by atoms with Crippen molar-refractivity contribution in [1.29, 1.82) is 0 Å². The second-order valence-corrected chi connectivity index (χ2v) is 2.94. The van der Waals surface area contributed by atoms with Gasteiger partial charge in [0.25, 0.3) is 0 Å². The van der Waals surface area contributed by atoms with Crippen LogP contribution in [0, 0.1) is 12.7 Å². The molecule has 1 aromatic carbocycles. The summed E-state index contributed by atoms with van der Waals surface area (Å²) in [6.45, 7) is 1.16. The second-order valence-electron chi connectivity index (χ2n) is 2.53. The van der Waals surface area contributed by atoms with Crippen LogP contribution in [0.2, 0.25) is 5.02 Å². The summed E-state index contributed by atoms with van der Waals surface area (Å²) in [5, 5.41) is -0.277. The molecule has 0 spiro atoms. The van der Waals surface area contributed by atoms with Gasteiger partial charge in [-0.3, -0.25) is 0 Å². The first-order valence-corrected chi connectivity index (χ1v) is 3.89. The molecule has 0 aliphatic heterocycles. The Balaban J connectivity index is 3.13.